The number of aromatic nitrogens is 4. The Balaban J connectivity index is 1.43. The van der Waals surface area contributed by atoms with Crippen LogP contribution < -0.4 is 0 Å². The van der Waals surface area contributed by atoms with Gasteiger partial charge in [0.15, 0.2) is 6.10 Å². The molecule has 0 amide bonds. The van der Waals surface area contributed by atoms with Crippen molar-refractivity contribution in [3.05, 3.63) is 71.0 Å². The van der Waals surface area contributed by atoms with Crippen LogP contribution in [0.1, 0.15) is 45.2 Å². The van der Waals surface area contributed by atoms with E-state index in [2.05, 4.69) is 15.5 Å². The minimum Gasteiger partial charge on any atom is -0.451 e. The number of ether oxygens (including phenoxy) is 1. The van der Waals surface area contributed by atoms with Crippen LogP contribution in [0.2, 0.25) is 0 Å². The number of hydrogen-bond donors (Lipinski definition) is 0. The van der Waals surface area contributed by atoms with E-state index >= 15 is 0 Å². The molecular weight excluding hydrogens is 344 g/mol. The Morgan fingerprint density at radius 2 is 1.78 bits per heavy atom. The summed E-state index contributed by atoms with van der Waals surface area (Å²) in [6.07, 6.45) is 3.80. The molecule has 0 fully saturated rings. The molecule has 27 heavy (non-hydrogen) atoms. The lowest BCUT2D eigenvalue weighted by Gasteiger charge is -2.13. The summed E-state index contributed by atoms with van der Waals surface area (Å²) < 4.78 is 6.85. The summed E-state index contributed by atoms with van der Waals surface area (Å²) in [7, 11) is 0. The molecule has 0 unspecified atom stereocenters. The predicted molar refractivity (Wildman–Crippen MR) is 96.8 cm³/mol. The quantitative estimate of drug-likeness (QED) is 0.512. The van der Waals surface area contributed by atoms with Crippen molar-refractivity contribution in [1.82, 2.24) is 20.2 Å². The Kier molecular flexibility index (Phi) is 4.50. The van der Waals surface area contributed by atoms with Gasteiger partial charge in [0.05, 0.1) is 11.3 Å². The molecule has 1 atom stereocenters. The second-order valence-electron chi connectivity index (χ2n) is 6.55. The molecule has 2 aromatic carbocycles. The van der Waals surface area contributed by atoms with Gasteiger partial charge in [0, 0.05) is 5.56 Å². The van der Waals surface area contributed by atoms with Crippen molar-refractivity contribution in [3.63, 3.8) is 0 Å². The highest BCUT2D eigenvalue weighted by atomic mass is 16.5. The summed E-state index contributed by atoms with van der Waals surface area (Å²) in [6, 6.07) is 12.4. The first kappa shape index (κ1) is 17.1. The summed E-state index contributed by atoms with van der Waals surface area (Å²) in [6.45, 7) is 1.60. The van der Waals surface area contributed by atoms with Gasteiger partial charge in [0.2, 0.25) is 5.78 Å². The SMILES string of the molecule is C[C@@H](OC(=O)c1ccc(-n2cnnn2)cc1)C(=O)c1ccc2c(c1)CCC2. The third kappa shape index (κ3) is 3.48. The highest BCUT2D eigenvalue weighted by Gasteiger charge is 2.22. The molecule has 7 nitrogen and oxygen atoms in total. The van der Waals surface area contributed by atoms with Gasteiger partial charge in [-0.1, -0.05) is 12.1 Å². The Labute approximate surface area is 156 Å². The van der Waals surface area contributed by atoms with Gasteiger partial charge in [-0.15, -0.1) is 5.10 Å². The van der Waals surface area contributed by atoms with Crippen LogP contribution in [0, 0.1) is 0 Å². The number of esters is 1. The van der Waals surface area contributed by atoms with E-state index in [0.29, 0.717) is 11.1 Å². The van der Waals surface area contributed by atoms with Crippen LogP contribution in [0.3, 0.4) is 0 Å². The molecule has 1 aliphatic carbocycles. The maximum Gasteiger partial charge on any atom is 0.338 e. The molecule has 3 aromatic rings. The summed E-state index contributed by atoms with van der Waals surface area (Å²) in [5.41, 5.74) is 4.20. The van der Waals surface area contributed by atoms with Gasteiger partial charge in [0.25, 0.3) is 0 Å². The third-order valence-corrected chi connectivity index (χ3v) is 4.75. The topological polar surface area (TPSA) is 87.0 Å². The molecule has 1 aliphatic rings. The van der Waals surface area contributed by atoms with Crippen LogP contribution in [0.15, 0.2) is 48.8 Å². The average molecular weight is 362 g/mol. The molecule has 0 saturated carbocycles. The highest BCUT2D eigenvalue weighted by molar-refractivity contribution is 6.01. The lowest BCUT2D eigenvalue weighted by molar-refractivity contribution is 0.0319. The van der Waals surface area contributed by atoms with Crippen molar-refractivity contribution in [2.75, 3.05) is 0 Å². The number of benzene rings is 2. The number of fused-ring (bicyclic) bond motifs is 1. The number of ketones is 1. The van der Waals surface area contributed by atoms with E-state index in [4.69, 9.17) is 4.74 Å². The summed E-state index contributed by atoms with van der Waals surface area (Å²) in [4.78, 5) is 25.0. The minimum atomic E-state index is -0.851. The molecule has 0 N–H and O–H groups in total. The van der Waals surface area contributed by atoms with Gasteiger partial charge in [-0.3, -0.25) is 4.79 Å². The van der Waals surface area contributed by atoms with Gasteiger partial charge in [-0.25, -0.2) is 9.48 Å². The Hall–Kier alpha value is -3.35. The molecule has 0 aliphatic heterocycles. The van der Waals surface area contributed by atoms with E-state index in [1.807, 2.05) is 18.2 Å². The van der Waals surface area contributed by atoms with Crippen LogP contribution >= 0.6 is 0 Å². The number of hydrogen-bond acceptors (Lipinski definition) is 6. The van der Waals surface area contributed by atoms with Crippen molar-refractivity contribution < 1.29 is 14.3 Å². The molecule has 0 bridgehead atoms. The van der Waals surface area contributed by atoms with E-state index in [9.17, 15) is 9.59 Å². The monoisotopic (exact) mass is 362 g/mol. The smallest absolute Gasteiger partial charge is 0.338 e. The van der Waals surface area contributed by atoms with E-state index in [1.54, 1.807) is 31.2 Å². The fourth-order valence-corrected chi connectivity index (χ4v) is 3.27. The predicted octanol–water partition coefficient (Wildman–Crippen LogP) is 2.58. The van der Waals surface area contributed by atoms with Gasteiger partial charge >= 0.3 is 5.97 Å². The first-order valence-electron chi connectivity index (χ1n) is 8.82. The number of carbonyl (C=O) groups excluding carboxylic acids is 2. The fraction of sp³-hybridized carbons (Fsp3) is 0.250. The molecule has 0 saturated heterocycles. The number of nitrogens with zero attached hydrogens (tertiary/aromatic N) is 4. The van der Waals surface area contributed by atoms with Crippen molar-refractivity contribution in [2.45, 2.75) is 32.3 Å². The number of aryl methyl sites for hydroxylation is 2. The standard InChI is InChI=1S/C20H18N4O3/c1-13(19(25)17-6-5-14-3-2-4-16(14)11-17)27-20(26)15-7-9-18(10-8-15)24-12-21-22-23-24/h5-13H,2-4H2,1H3/t13-/m1/s1. The minimum absolute atomic E-state index is 0.191. The van der Waals surface area contributed by atoms with Crippen LogP contribution in [-0.4, -0.2) is 38.1 Å². The second-order valence-corrected chi connectivity index (χ2v) is 6.55. The molecular formula is C20H18N4O3. The molecule has 4 rings (SSSR count). The molecule has 136 valence electrons. The zero-order valence-electron chi connectivity index (χ0n) is 14.8. The molecule has 1 aromatic heterocycles. The largest absolute Gasteiger partial charge is 0.451 e. The zero-order valence-corrected chi connectivity index (χ0v) is 14.8. The normalized spacial score (nSPS) is 13.8. The first-order chi connectivity index (χ1) is 13.1. The van der Waals surface area contributed by atoms with Crippen LogP contribution in [0.4, 0.5) is 0 Å². The van der Waals surface area contributed by atoms with Crippen molar-refractivity contribution in [3.8, 4) is 5.69 Å². The Morgan fingerprint density at radius 3 is 2.52 bits per heavy atom. The second kappa shape index (κ2) is 7.11. The van der Waals surface area contributed by atoms with Crippen molar-refractivity contribution >= 4 is 11.8 Å². The number of Topliss-reactive ketones (excluding diaryl/α,β-unsaturated/α-hetero) is 1. The highest BCUT2D eigenvalue weighted by Crippen LogP contribution is 2.23. The van der Waals surface area contributed by atoms with Crippen molar-refractivity contribution in [1.29, 1.82) is 0 Å². The molecule has 0 spiro atoms. The number of tetrazole rings is 1. The van der Waals surface area contributed by atoms with E-state index in [0.717, 1.165) is 24.9 Å². The molecule has 0 radical (unpaired) electrons. The van der Waals surface area contributed by atoms with Gasteiger partial charge in [-0.2, -0.15) is 0 Å². The summed E-state index contributed by atoms with van der Waals surface area (Å²) in [5.74, 6) is -0.733. The first-order valence-corrected chi connectivity index (χ1v) is 8.82. The van der Waals surface area contributed by atoms with Gasteiger partial charge in [0.1, 0.15) is 6.33 Å². The van der Waals surface area contributed by atoms with Crippen LogP contribution in [-0.2, 0) is 17.6 Å². The van der Waals surface area contributed by atoms with Gasteiger partial charge in [-0.05, 0) is 78.1 Å². The molecule has 7 heteroatoms. The zero-order chi connectivity index (χ0) is 18.8. The fourth-order valence-electron chi connectivity index (χ4n) is 3.27. The Bertz CT molecular complexity index is 981. The number of carbonyl (C=O) groups is 2. The molecule has 1 heterocycles. The average Bonchev–Trinajstić information content (AvgIpc) is 3.38. The van der Waals surface area contributed by atoms with Gasteiger partial charge < -0.3 is 4.74 Å². The maximum absolute atomic E-state index is 12.6. The van der Waals surface area contributed by atoms with E-state index in [-0.39, 0.29) is 5.78 Å². The van der Waals surface area contributed by atoms with E-state index in [1.165, 1.54) is 22.1 Å². The maximum atomic E-state index is 12.6. The summed E-state index contributed by atoms with van der Waals surface area (Å²) >= 11 is 0. The lowest BCUT2D eigenvalue weighted by Crippen LogP contribution is -2.24. The third-order valence-electron chi connectivity index (χ3n) is 4.75. The lowest BCUT2D eigenvalue weighted by atomic mass is 10.0. The number of rotatable bonds is 5. The summed E-state index contributed by atoms with van der Waals surface area (Å²) in [5, 5.41) is 10.9. The van der Waals surface area contributed by atoms with Crippen LogP contribution in [0.25, 0.3) is 5.69 Å². The van der Waals surface area contributed by atoms with Crippen molar-refractivity contribution in [2.24, 2.45) is 0 Å². The Morgan fingerprint density at radius 1 is 1.04 bits per heavy atom. The van der Waals surface area contributed by atoms with Crippen LogP contribution in [0.5, 0.6) is 0 Å². The van der Waals surface area contributed by atoms with E-state index < -0.39 is 12.1 Å².